The zero-order valence-electron chi connectivity index (χ0n) is 18.5. The van der Waals surface area contributed by atoms with Gasteiger partial charge in [-0.05, 0) is 99.6 Å². The number of hydrogen-bond acceptors (Lipinski definition) is 3. The van der Waals surface area contributed by atoms with Gasteiger partial charge in [-0.2, -0.15) is 0 Å². The lowest BCUT2D eigenvalue weighted by molar-refractivity contribution is -0.132. The SMILES string of the molecule is CC(=Cc1cc(C)c(-c2ccc3c(c2)CCN3C(=O)OC(C)(C)C)cc1C)C(=O)O. The highest BCUT2D eigenvalue weighted by Gasteiger charge is 2.29. The topological polar surface area (TPSA) is 66.8 Å². The molecule has 5 nitrogen and oxygen atoms in total. The summed E-state index contributed by atoms with van der Waals surface area (Å²) in [7, 11) is 0. The summed E-state index contributed by atoms with van der Waals surface area (Å²) in [5.41, 5.74) is 7.02. The van der Waals surface area contributed by atoms with Crippen molar-refractivity contribution < 1.29 is 19.4 Å². The Balaban J connectivity index is 1.92. The fraction of sp³-hybridized carbons (Fsp3) is 0.360. The van der Waals surface area contributed by atoms with Crippen molar-refractivity contribution in [3.63, 3.8) is 0 Å². The van der Waals surface area contributed by atoms with Crippen LogP contribution in [0.2, 0.25) is 0 Å². The number of rotatable bonds is 3. The van der Waals surface area contributed by atoms with Crippen LogP contribution in [0.3, 0.4) is 0 Å². The molecular weight excluding hydrogens is 378 g/mol. The Morgan fingerprint density at radius 3 is 2.43 bits per heavy atom. The number of carbonyl (C=O) groups is 2. The van der Waals surface area contributed by atoms with Crippen molar-refractivity contribution in [3.05, 3.63) is 58.2 Å². The molecule has 30 heavy (non-hydrogen) atoms. The van der Waals surface area contributed by atoms with Crippen LogP contribution in [0.1, 0.15) is 49.9 Å². The average Bonchev–Trinajstić information content (AvgIpc) is 3.06. The van der Waals surface area contributed by atoms with Gasteiger partial charge < -0.3 is 9.84 Å². The van der Waals surface area contributed by atoms with Gasteiger partial charge in [0.15, 0.2) is 0 Å². The van der Waals surface area contributed by atoms with Gasteiger partial charge in [-0.3, -0.25) is 4.90 Å². The van der Waals surface area contributed by atoms with Crippen LogP contribution in [-0.2, 0) is 16.0 Å². The van der Waals surface area contributed by atoms with Gasteiger partial charge >= 0.3 is 12.1 Å². The van der Waals surface area contributed by atoms with E-state index in [0.29, 0.717) is 12.1 Å². The van der Waals surface area contributed by atoms with Crippen molar-refractivity contribution in [1.82, 2.24) is 0 Å². The largest absolute Gasteiger partial charge is 0.478 e. The molecule has 2 aromatic carbocycles. The Hall–Kier alpha value is -3.08. The monoisotopic (exact) mass is 407 g/mol. The number of hydrogen-bond donors (Lipinski definition) is 1. The van der Waals surface area contributed by atoms with Crippen LogP contribution in [0.4, 0.5) is 10.5 Å². The fourth-order valence-corrected chi connectivity index (χ4v) is 3.68. The van der Waals surface area contributed by atoms with Crippen molar-refractivity contribution in [3.8, 4) is 11.1 Å². The van der Waals surface area contributed by atoms with Crippen LogP contribution in [0.5, 0.6) is 0 Å². The lowest BCUT2D eigenvalue weighted by atomic mass is 9.93. The normalized spacial score (nSPS) is 13.9. The quantitative estimate of drug-likeness (QED) is 0.657. The van der Waals surface area contributed by atoms with E-state index in [4.69, 9.17) is 9.84 Å². The van der Waals surface area contributed by atoms with Crippen LogP contribution in [0.25, 0.3) is 17.2 Å². The molecule has 0 unspecified atom stereocenters. The summed E-state index contributed by atoms with van der Waals surface area (Å²) >= 11 is 0. The van der Waals surface area contributed by atoms with Crippen LogP contribution in [0.15, 0.2) is 35.9 Å². The number of aliphatic carboxylic acids is 1. The summed E-state index contributed by atoms with van der Waals surface area (Å²) in [6, 6.07) is 10.3. The molecule has 0 bridgehead atoms. The minimum atomic E-state index is -0.913. The Morgan fingerprint density at radius 1 is 1.10 bits per heavy atom. The number of anilines is 1. The predicted octanol–water partition coefficient (Wildman–Crippen LogP) is 5.76. The van der Waals surface area contributed by atoms with Gasteiger partial charge in [0.2, 0.25) is 0 Å². The van der Waals surface area contributed by atoms with E-state index in [0.717, 1.165) is 45.5 Å². The van der Waals surface area contributed by atoms with Crippen molar-refractivity contribution in [2.45, 2.75) is 53.6 Å². The zero-order valence-corrected chi connectivity index (χ0v) is 18.5. The molecule has 1 heterocycles. The first kappa shape index (κ1) is 21.6. The molecule has 3 rings (SSSR count). The molecule has 1 amide bonds. The molecule has 0 radical (unpaired) electrons. The van der Waals surface area contributed by atoms with E-state index >= 15 is 0 Å². The second kappa shape index (κ2) is 7.98. The van der Waals surface area contributed by atoms with Gasteiger partial charge in [-0.1, -0.05) is 18.2 Å². The number of benzene rings is 2. The van der Waals surface area contributed by atoms with E-state index in [1.54, 1.807) is 17.9 Å². The first-order valence-corrected chi connectivity index (χ1v) is 10.1. The van der Waals surface area contributed by atoms with Crippen LogP contribution >= 0.6 is 0 Å². The zero-order chi connectivity index (χ0) is 22.2. The summed E-state index contributed by atoms with van der Waals surface area (Å²) in [5, 5.41) is 9.14. The van der Waals surface area contributed by atoms with E-state index in [9.17, 15) is 9.59 Å². The van der Waals surface area contributed by atoms with E-state index < -0.39 is 11.6 Å². The number of nitrogens with zero attached hydrogens (tertiary/aromatic N) is 1. The van der Waals surface area contributed by atoms with Crippen molar-refractivity contribution in [1.29, 1.82) is 0 Å². The lowest BCUT2D eigenvalue weighted by Crippen LogP contribution is -2.35. The molecule has 0 aliphatic carbocycles. The number of carboxylic acids is 1. The van der Waals surface area contributed by atoms with Gasteiger partial charge in [0.25, 0.3) is 0 Å². The molecule has 158 valence electrons. The molecule has 1 N–H and O–H groups in total. The smallest absolute Gasteiger partial charge is 0.414 e. The number of carbonyl (C=O) groups excluding carboxylic acids is 1. The van der Waals surface area contributed by atoms with E-state index in [-0.39, 0.29) is 6.09 Å². The highest BCUT2D eigenvalue weighted by atomic mass is 16.6. The summed E-state index contributed by atoms with van der Waals surface area (Å²) < 4.78 is 5.53. The standard InChI is InChI=1S/C25H29NO4/c1-15-13-21(16(2)11-20(15)12-17(3)23(27)28)18-7-8-22-19(14-18)9-10-26(22)24(29)30-25(4,5)6/h7-8,11-14H,9-10H2,1-6H3,(H,27,28). The molecule has 0 atom stereocenters. The fourth-order valence-electron chi connectivity index (χ4n) is 3.68. The van der Waals surface area contributed by atoms with Crippen LogP contribution < -0.4 is 4.90 Å². The molecular formula is C25H29NO4. The first-order valence-electron chi connectivity index (χ1n) is 10.1. The third-order valence-corrected chi connectivity index (χ3v) is 5.22. The third-order valence-electron chi connectivity index (χ3n) is 5.22. The maximum Gasteiger partial charge on any atom is 0.414 e. The molecule has 5 heteroatoms. The van der Waals surface area contributed by atoms with Gasteiger partial charge in [0.1, 0.15) is 5.60 Å². The highest BCUT2D eigenvalue weighted by Crippen LogP contribution is 2.35. The summed E-state index contributed by atoms with van der Waals surface area (Å²) in [5.74, 6) is -0.913. The van der Waals surface area contributed by atoms with Crippen molar-refractivity contribution in [2.24, 2.45) is 0 Å². The van der Waals surface area contributed by atoms with Crippen LogP contribution in [-0.4, -0.2) is 29.3 Å². The van der Waals surface area contributed by atoms with E-state index in [2.05, 4.69) is 12.1 Å². The Morgan fingerprint density at radius 2 is 1.80 bits per heavy atom. The molecule has 0 saturated heterocycles. The summed E-state index contributed by atoms with van der Waals surface area (Å²) in [4.78, 5) is 25.3. The number of amides is 1. The van der Waals surface area contributed by atoms with Gasteiger partial charge in [0.05, 0.1) is 5.69 Å². The Bertz CT molecular complexity index is 1040. The molecule has 0 saturated carbocycles. The Labute approximate surface area is 178 Å². The number of carboxylic acid groups (broad SMARTS) is 1. The Kier molecular flexibility index (Phi) is 5.75. The van der Waals surface area contributed by atoms with E-state index in [1.807, 2.05) is 52.8 Å². The van der Waals surface area contributed by atoms with Gasteiger partial charge in [0, 0.05) is 12.1 Å². The second-order valence-electron chi connectivity index (χ2n) is 8.88. The first-order chi connectivity index (χ1) is 14.0. The second-order valence-corrected chi connectivity index (χ2v) is 8.88. The predicted molar refractivity (Wildman–Crippen MR) is 120 cm³/mol. The minimum absolute atomic E-state index is 0.310. The summed E-state index contributed by atoms with van der Waals surface area (Å²) in [6.07, 6.45) is 2.18. The van der Waals surface area contributed by atoms with Crippen molar-refractivity contribution >= 4 is 23.8 Å². The van der Waals surface area contributed by atoms with Gasteiger partial charge in [-0.15, -0.1) is 0 Å². The molecule has 0 spiro atoms. The molecule has 1 aliphatic heterocycles. The molecule has 1 aliphatic rings. The highest BCUT2D eigenvalue weighted by molar-refractivity contribution is 5.92. The van der Waals surface area contributed by atoms with Gasteiger partial charge in [-0.25, -0.2) is 9.59 Å². The van der Waals surface area contributed by atoms with Crippen LogP contribution in [0, 0.1) is 13.8 Å². The molecule has 2 aromatic rings. The average molecular weight is 408 g/mol. The number of fused-ring (bicyclic) bond motifs is 1. The molecule has 0 aromatic heterocycles. The number of ether oxygens (including phenoxy) is 1. The maximum absolute atomic E-state index is 12.5. The summed E-state index contributed by atoms with van der Waals surface area (Å²) in [6.45, 7) is 11.8. The van der Waals surface area contributed by atoms with E-state index in [1.165, 1.54) is 0 Å². The van der Waals surface area contributed by atoms with Crippen molar-refractivity contribution in [2.75, 3.05) is 11.4 Å². The molecule has 0 fully saturated rings. The third kappa shape index (κ3) is 4.56. The lowest BCUT2D eigenvalue weighted by Gasteiger charge is -2.24. The number of aryl methyl sites for hydroxylation is 2. The minimum Gasteiger partial charge on any atom is -0.478 e. The maximum atomic E-state index is 12.5.